The lowest BCUT2D eigenvalue weighted by Crippen LogP contribution is -2.62. The fourth-order valence-corrected chi connectivity index (χ4v) is 1.62. The van der Waals surface area contributed by atoms with Gasteiger partial charge >= 0.3 is 6.09 Å². The third-order valence-electron chi connectivity index (χ3n) is 2.57. The monoisotopic (exact) mass is 220 g/mol. The van der Waals surface area contributed by atoms with Gasteiger partial charge in [0.2, 0.25) is 0 Å². The number of nitrogens with one attached hydrogen (secondary N) is 1. The molecule has 88 valence electrons. The molecule has 0 radical (unpaired) electrons. The Bertz CT molecular complexity index is 237. The number of rotatable bonds is 1. The van der Waals surface area contributed by atoms with Gasteiger partial charge in [0.1, 0.15) is 12.2 Å². The molecular formula is C8H16N2O5. The molecular weight excluding hydrogens is 204 g/mol. The highest BCUT2D eigenvalue weighted by Crippen LogP contribution is 2.19. The Hall–Kier alpha value is -0.890. The van der Waals surface area contributed by atoms with E-state index in [0.29, 0.717) is 0 Å². The molecule has 1 fully saturated rings. The third-order valence-corrected chi connectivity index (χ3v) is 2.57. The van der Waals surface area contributed by atoms with Crippen molar-refractivity contribution >= 4 is 6.09 Å². The Morgan fingerprint density at radius 2 is 1.93 bits per heavy atom. The zero-order valence-corrected chi connectivity index (χ0v) is 8.33. The largest absolute Gasteiger partial charge is 0.453 e. The maximum atomic E-state index is 10.9. The van der Waals surface area contributed by atoms with E-state index in [1.807, 2.05) is 0 Å². The molecule has 1 aliphatic carbocycles. The molecule has 0 spiro atoms. The van der Waals surface area contributed by atoms with Crippen LogP contribution < -0.4 is 11.1 Å². The molecule has 0 aromatic rings. The molecule has 7 heteroatoms. The Morgan fingerprint density at radius 3 is 2.47 bits per heavy atom. The van der Waals surface area contributed by atoms with Gasteiger partial charge in [0.25, 0.3) is 0 Å². The molecule has 15 heavy (non-hydrogen) atoms. The van der Waals surface area contributed by atoms with Gasteiger partial charge in [0.15, 0.2) is 0 Å². The van der Waals surface area contributed by atoms with Crippen molar-refractivity contribution in [2.24, 2.45) is 5.73 Å². The highest BCUT2D eigenvalue weighted by molar-refractivity contribution is 5.67. The number of carbonyl (C=O) groups is 1. The molecule has 5 atom stereocenters. The van der Waals surface area contributed by atoms with Crippen LogP contribution in [0.25, 0.3) is 0 Å². The molecule has 0 aliphatic heterocycles. The Balaban J connectivity index is 2.62. The lowest BCUT2D eigenvalue weighted by Gasteiger charge is -2.38. The summed E-state index contributed by atoms with van der Waals surface area (Å²) in [6.07, 6.45) is -4.34. The molecule has 1 saturated carbocycles. The summed E-state index contributed by atoms with van der Waals surface area (Å²) in [5, 5.41) is 30.6. The topological polar surface area (TPSA) is 125 Å². The van der Waals surface area contributed by atoms with E-state index in [9.17, 15) is 20.1 Å². The minimum atomic E-state index is -1.36. The van der Waals surface area contributed by atoms with Gasteiger partial charge in [-0.05, 0) is 6.42 Å². The minimum Gasteiger partial charge on any atom is -0.453 e. The number of hydrogen-bond donors (Lipinski definition) is 5. The van der Waals surface area contributed by atoms with E-state index in [1.165, 1.54) is 7.11 Å². The lowest BCUT2D eigenvalue weighted by atomic mass is 9.84. The number of hydrogen-bond acceptors (Lipinski definition) is 6. The quantitative estimate of drug-likeness (QED) is 0.333. The molecule has 1 rings (SSSR count). The Labute approximate surface area is 86.8 Å². The van der Waals surface area contributed by atoms with Crippen LogP contribution in [-0.2, 0) is 4.74 Å². The number of amides is 1. The second-order valence-electron chi connectivity index (χ2n) is 3.61. The van der Waals surface area contributed by atoms with E-state index >= 15 is 0 Å². The highest BCUT2D eigenvalue weighted by Gasteiger charge is 2.41. The van der Waals surface area contributed by atoms with Crippen molar-refractivity contribution in [2.75, 3.05) is 7.11 Å². The van der Waals surface area contributed by atoms with Crippen molar-refractivity contribution in [1.82, 2.24) is 5.32 Å². The van der Waals surface area contributed by atoms with Gasteiger partial charge in [0, 0.05) is 6.04 Å². The zero-order valence-electron chi connectivity index (χ0n) is 8.33. The summed E-state index contributed by atoms with van der Waals surface area (Å²) in [6, 6.07) is -1.41. The van der Waals surface area contributed by atoms with Crippen molar-refractivity contribution in [1.29, 1.82) is 0 Å². The van der Waals surface area contributed by atoms with Crippen LogP contribution in [-0.4, -0.2) is 58.9 Å². The standard InChI is InChI=1S/C8H16N2O5/c1-15-8(14)10-4-2-3(9)5(11)7(13)6(4)12/h3-7,11-13H,2,9H2,1H3,(H,10,14). The summed E-state index contributed by atoms with van der Waals surface area (Å²) in [5.74, 6) is 0. The van der Waals surface area contributed by atoms with E-state index < -0.39 is 36.5 Å². The average Bonchev–Trinajstić information content (AvgIpc) is 2.22. The van der Waals surface area contributed by atoms with Crippen LogP contribution in [0.2, 0.25) is 0 Å². The predicted octanol–water partition coefficient (Wildman–Crippen LogP) is -2.48. The second kappa shape index (κ2) is 4.75. The maximum absolute atomic E-state index is 10.9. The molecule has 6 N–H and O–H groups in total. The molecule has 1 aliphatic rings. The molecule has 0 bridgehead atoms. The molecule has 1 amide bonds. The van der Waals surface area contributed by atoms with Crippen LogP contribution in [0.15, 0.2) is 0 Å². The number of aliphatic hydroxyl groups excluding tert-OH is 3. The van der Waals surface area contributed by atoms with Gasteiger partial charge in [-0.1, -0.05) is 0 Å². The third kappa shape index (κ3) is 2.57. The highest BCUT2D eigenvalue weighted by atomic mass is 16.5. The van der Waals surface area contributed by atoms with Gasteiger partial charge in [-0.25, -0.2) is 4.79 Å². The van der Waals surface area contributed by atoms with Gasteiger partial charge in [0.05, 0.1) is 19.3 Å². The normalized spacial score (nSPS) is 41.0. The molecule has 7 nitrogen and oxygen atoms in total. The number of methoxy groups -OCH3 is 1. The second-order valence-corrected chi connectivity index (χ2v) is 3.61. The first-order valence-corrected chi connectivity index (χ1v) is 4.61. The lowest BCUT2D eigenvalue weighted by molar-refractivity contribution is -0.105. The number of nitrogens with two attached hydrogens (primary N) is 1. The van der Waals surface area contributed by atoms with E-state index in [2.05, 4.69) is 10.1 Å². The van der Waals surface area contributed by atoms with Crippen molar-refractivity contribution < 1.29 is 24.9 Å². The van der Waals surface area contributed by atoms with Gasteiger partial charge in [-0.2, -0.15) is 0 Å². The molecule has 0 aromatic heterocycles. The summed E-state index contributed by atoms with van der Waals surface area (Å²) in [4.78, 5) is 10.9. The van der Waals surface area contributed by atoms with Gasteiger partial charge in [-0.3, -0.25) is 0 Å². The van der Waals surface area contributed by atoms with Crippen LogP contribution in [0.5, 0.6) is 0 Å². The summed E-state index contributed by atoms with van der Waals surface area (Å²) >= 11 is 0. The van der Waals surface area contributed by atoms with Crippen LogP contribution in [0.3, 0.4) is 0 Å². The first-order chi connectivity index (χ1) is 6.97. The van der Waals surface area contributed by atoms with Crippen molar-refractivity contribution in [3.8, 4) is 0 Å². The summed E-state index contributed by atoms with van der Waals surface area (Å²) in [7, 11) is 1.19. The van der Waals surface area contributed by atoms with Crippen LogP contribution >= 0.6 is 0 Å². The smallest absolute Gasteiger partial charge is 0.407 e. The van der Waals surface area contributed by atoms with Crippen molar-refractivity contribution in [3.05, 3.63) is 0 Å². The minimum absolute atomic E-state index is 0.175. The van der Waals surface area contributed by atoms with E-state index in [4.69, 9.17) is 5.73 Å². The maximum Gasteiger partial charge on any atom is 0.407 e. The Kier molecular flexibility index (Phi) is 3.86. The summed E-state index contributed by atoms with van der Waals surface area (Å²) in [5.41, 5.74) is 5.53. The zero-order chi connectivity index (χ0) is 11.6. The first-order valence-electron chi connectivity index (χ1n) is 4.61. The fourth-order valence-electron chi connectivity index (χ4n) is 1.62. The van der Waals surface area contributed by atoms with Crippen LogP contribution in [0, 0.1) is 0 Å². The average molecular weight is 220 g/mol. The van der Waals surface area contributed by atoms with E-state index in [0.717, 1.165) is 0 Å². The van der Waals surface area contributed by atoms with E-state index in [1.54, 1.807) is 0 Å². The van der Waals surface area contributed by atoms with Crippen LogP contribution in [0.4, 0.5) is 4.79 Å². The number of alkyl carbamates (subject to hydrolysis) is 1. The molecule has 5 unspecified atom stereocenters. The Morgan fingerprint density at radius 1 is 1.33 bits per heavy atom. The molecule has 0 heterocycles. The van der Waals surface area contributed by atoms with E-state index in [-0.39, 0.29) is 6.42 Å². The van der Waals surface area contributed by atoms with Crippen molar-refractivity contribution in [2.45, 2.75) is 36.8 Å². The van der Waals surface area contributed by atoms with Gasteiger partial charge < -0.3 is 31.1 Å². The number of ether oxygens (including phenoxy) is 1. The fraction of sp³-hybridized carbons (Fsp3) is 0.875. The first kappa shape index (κ1) is 12.2. The predicted molar refractivity (Wildman–Crippen MR) is 49.9 cm³/mol. The SMILES string of the molecule is COC(=O)NC1CC(N)C(O)C(O)C1O. The summed E-state index contributed by atoms with van der Waals surface area (Å²) < 4.78 is 4.35. The molecule has 0 saturated heterocycles. The molecule has 0 aromatic carbocycles. The van der Waals surface area contributed by atoms with Gasteiger partial charge in [-0.15, -0.1) is 0 Å². The van der Waals surface area contributed by atoms with Crippen molar-refractivity contribution in [3.63, 3.8) is 0 Å². The number of carbonyl (C=O) groups excluding carboxylic acids is 1. The van der Waals surface area contributed by atoms with Crippen LogP contribution in [0.1, 0.15) is 6.42 Å². The summed E-state index contributed by atoms with van der Waals surface area (Å²) in [6.45, 7) is 0. The number of aliphatic hydroxyl groups is 3.